The summed E-state index contributed by atoms with van der Waals surface area (Å²) in [5.74, 6) is 0.280. The first-order valence-electron chi connectivity index (χ1n) is 5.83. The maximum absolute atomic E-state index is 9.92. The molecule has 0 bridgehead atoms. The third-order valence-corrected chi connectivity index (χ3v) is 3.22. The van der Waals surface area contributed by atoms with Gasteiger partial charge in [-0.1, -0.05) is 29.8 Å². The lowest BCUT2D eigenvalue weighted by molar-refractivity contribution is 0.465. The van der Waals surface area contributed by atoms with Crippen molar-refractivity contribution in [2.24, 2.45) is 0 Å². The van der Waals surface area contributed by atoms with Gasteiger partial charge >= 0.3 is 0 Å². The minimum absolute atomic E-state index is 0.280. The van der Waals surface area contributed by atoms with Gasteiger partial charge < -0.3 is 10.4 Å². The number of rotatable bonds is 3. The van der Waals surface area contributed by atoms with Crippen molar-refractivity contribution in [3.8, 4) is 11.8 Å². The molecule has 4 heteroatoms. The molecule has 0 aliphatic heterocycles. The molecule has 2 aromatic carbocycles. The Hall–Kier alpha value is -2.18. The third kappa shape index (κ3) is 2.98. The molecule has 0 amide bonds. The van der Waals surface area contributed by atoms with Gasteiger partial charge in [0, 0.05) is 12.1 Å². The Morgan fingerprint density at radius 1 is 1.32 bits per heavy atom. The molecule has 0 saturated carbocycles. The number of phenolic OH excluding ortho intramolecular Hbond substituents is 1. The van der Waals surface area contributed by atoms with Crippen LogP contribution in [-0.2, 0) is 6.54 Å². The maximum atomic E-state index is 9.92. The number of benzene rings is 2. The second-order valence-corrected chi connectivity index (χ2v) is 4.65. The minimum Gasteiger partial charge on any atom is -0.507 e. The molecule has 0 aliphatic rings. The van der Waals surface area contributed by atoms with Gasteiger partial charge in [-0.15, -0.1) is 0 Å². The number of halogens is 1. The number of nitrogens with one attached hydrogen (secondary N) is 1. The standard InChI is InChI=1S/C15H13ClN2O/c1-10-3-2-4-12(15(10)19)9-18-14-7-11(8-17)5-6-13(14)16/h2-7,18-19H,9H2,1H3. The van der Waals surface area contributed by atoms with E-state index in [9.17, 15) is 5.11 Å². The molecule has 0 radical (unpaired) electrons. The highest BCUT2D eigenvalue weighted by molar-refractivity contribution is 6.33. The van der Waals surface area contributed by atoms with Gasteiger partial charge in [0.15, 0.2) is 0 Å². The fourth-order valence-corrected chi connectivity index (χ4v) is 1.97. The van der Waals surface area contributed by atoms with Crippen LogP contribution in [0.5, 0.6) is 5.75 Å². The SMILES string of the molecule is Cc1cccc(CNc2cc(C#N)ccc2Cl)c1O. The largest absolute Gasteiger partial charge is 0.507 e. The van der Waals surface area contributed by atoms with Crippen molar-refractivity contribution in [2.45, 2.75) is 13.5 Å². The molecule has 0 aliphatic carbocycles. The number of nitrogens with zero attached hydrogens (tertiary/aromatic N) is 1. The molecule has 2 aromatic rings. The predicted molar refractivity (Wildman–Crippen MR) is 76.3 cm³/mol. The van der Waals surface area contributed by atoms with E-state index in [1.54, 1.807) is 18.2 Å². The number of nitriles is 1. The van der Waals surface area contributed by atoms with Gasteiger partial charge in [-0.25, -0.2) is 0 Å². The Morgan fingerprint density at radius 2 is 2.11 bits per heavy atom. The number of aryl methyl sites for hydroxylation is 1. The van der Waals surface area contributed by atoms with Crippen molar-refractivity contribution in [3.63, 3.8) is 0 Å². The van der Waals surface area contributed by atoms with Crippen LogP contribution in [0.15, 0.2) is 36.4 Å². The van der Waals surface area contributed by atoms with Crippen LogP contribution in [0, 0.1) is 18.3 Å². The minimum atomic E-state index is 0.280. The van der Waals surface area contributed by atoms with Gasteiger partial charge in [0.2, 0.25) is 0 Å². The second kappa shape index (κ2) is 5.64. The average molecular weight is 273 g/mol. The summed E-state index contributed by atoms with van der Waals surface area (Å²) >= 11 is 6.06. The van der Waals surface area contributed by atoms with Crippen LogP contribution < -0.4 is 5.32 Å². The summed E-state index contributed by atoms with van der Waals surface area (Å²) in [6.45, 7) is 2.30. The van der Waals surface area contributed by atoms with Crippen LogP contribution in [0.3, 0.4) is 0 Å². The molecule has 0 aromatic heterocycles. The molecule has 0 atom stereocenters. The second-order valence-electron chi connectivity index (χ2n) is 4.24. The van der Waals surface area contributed by atoms with Crippen LogP contribution in [0.4, 0.5) is 5.69 Å². The van der Waals surface area contributed by atoms with Gasteiger partial charge in [-0.05, 0) is 30.7 Å². The zero-order chi connectivity index (χ0) is 13.8. The lowest BCUT2D eigenvalue weighted by atomic mass is 10.1. The van der Waals surface area contributed by atoms with Crippen LogP contribution in [0.2, 0.25) is 5.02 Å². The molecule has 19 heavy (non-hydrogen) atoms. The number of para-hydroxylation sites is 1. The van der Waals surface area contributed by atoms with Crippen molar-refractivity contribution in [1.29, 1.82) is 5.26 Å². The molecule has 0 saturated heterocycles. The van der Waals surface area contributed by atoms with Gasteiger partial charge in [0.05, 0.1) is 22.3 Å². The van der Waals surface area contributed by atoms with Gasteiger partial charge in [-0.2, -0.15) is 5.26 Å². The highest BCUT2D eigenvalue weighted by atomic mass is 35.5. The molecular weight excluding hydrogens is 260 g/mol. The van der Waals surface area contributed by atoms with Crippen LogP contribution in [0.1, 0.15) is 16.7 Å². The molecule has 3 nitrogen and oxygen atoms in total. The number of phenols is 1. The molecular formula is C15H13ClN2O. The van der Waals surface area contributed by atoms with Crippen molar-refractivity contribution in [2.75, 3.05) is 5.32 Å². The number of aromatic hydroxyl groups is 1. The van der Waals surface area contributed by atoms with Crippen molar-refractivity contribution in [1.82, 2.24) is 0 Å². The van der Waals surface area contributed by atoms with E-state index in [2.05, 4.69) is 11.4 Å². The van der Waals surface area contributed by atoms with Crippen molar-refractivity contribution < 1.29 is 5.11 Å². The van der Waals surface area contributed by atoms with Gasteiger partial charge in [-0.3, -0.25) is 0 Å². The third-order valence-electron chi connectivity index (χ3n) is 2.89. The molecule has 0 spiro atoms. The number of hydrogen-bond acceptors (Lipinski definition) is 3. The van der Waals surface area contributed by atoms with E-state index in [1.165, 1.54) is 0 Å². The summed E-state index contributed by atoms with van der Waals surface area (Å²) in [6, 6.07) is 12.7. The normalized spacial score (nSPS) is 9.95. The van der Waals surface area contributed by atoms with Gasteiger partial charge in [0.25, 0.3) is 0 Å². The van der Waals surface area contributed by atoms with Crippen molar-refractivity contribution >= 4 is 17.3 Å². The summed E-state index contributed by atoms with van der Waals surface area (Å²) in [7, 11) is 0. The highest BCUT2D eigenvalue weighted by Crippen LogP contribution is 2.26. The number of hydrogen-bond donors (Lipinski definition) is 2. The topological polar surface area (TPSA) is 56.0 Å². The van der Waals surface area contributed by atoms with E-state index in [-0.39, 0.29) is 5.75 Å². The molecule has 0 unspecified atom stereocenters. The molecule has 2 rings (SSSR count). The lowest BCUT2D eigenvalue weighted by Gasteiger charge is -2.11. The average Bonchev–Trinajstić information content (AvgIpc) is 2.42. The Balaban J connectivity index is 2.19. The quantitative estimate of drug-likeness (QED) is 0.893. The summed E-state index contributed by atoms with van der Waals surface area (Å²) in [6.07, 6.45) is 0. The van der Waals surface area contributed by atoms with Crippen LogP contribution in [0.25, 0.3) is 0 Å². The van der Waals surface area contributed by atoms with Gasteiger partial charge in [0.1, 0.15) is 5.75 Å². The van der Waals surface area contributed by atoms with E-state index >= 15 is 0 Å². The number of anilines is 1. The summed E-state index contributed by atoms with van der Waals surface area (Å²) in [5.41, 5.74) is 2.84. The monoisotopic (exact) mass is 272 g/mol. The zero-order valence-electron chi connectivity index (χ0n) is 10.4. The fourth-order valence-electron chi connectivity index (χ4n) is 1.78. The smallest absolute Gasteiger partial charge is 0.123 e. The summed E-state index contributed by atoms with van der Waals surface area (Å²) in [4.78, 5) is 0. The van der Waals surface area contributed by atoms with E-state index in [1.807, 2.05) is 25.1 Å². The molecule has 0 heterocycles. The first kappa shape index (κ1) is 13.3. The zero-order valence-corrected chi connectivity index (χ0v) is 11.2. The van der Waals surface area contributed by atoms with E-state index in [0.717, 1.165) is 11.1 Å². The molecule has 96 valence electrons. The predicted octanol–water partition coefficient (Wildman–Crippen LogP) is 3.84. The first-order valence-corrected chi connectivity index (χ1v) is 6.20. The van der Waals surface area contributed by atoms with Crippen molar-refractivity contribution in [3.05, 3.63) is 58.1 Å². The molecule has 2 N–H and O–H groups in total. The Morgan fingerprint density at radius 3 is 2.84 bits per heavy atom. The summed E-state index contributed by atoms with van der Waals surface area (Å²) < 4.78 is 0. The van der Waals surface area contributed by atoms with E-state index in [0.29, 0.717) is 22.8 Å². The molecule has 0 fully saturated rings. The van der Waals surface area contributed by atoms with Crippen LogP contribution >= 0.6 is 11.6 Å². The Labute approximate surface area is 117 Å². The summed E-state index contributed by atoms with van der Waals surface area (Å²) in [5, 5.41) is 22.5. The van der Waals surface area contributed by atoms with Crippen LogP contribution in [-0.4, -0.2) is 5.11 Å². The Kier molecular flexibility index (Phi) is 3.94. The van der Waals surface area contributed by atoms with E-state index in [4.69, 9.17) is 16.9 Å². The Bertz CT molecular complexity index is 647. The lowest BCUT2D eigenvalue weighted by Crippen LogP contribution is -2.01. The maximum Gasteiger partial charge on any atom is 0.123 e. The highest BCUT2D eigenvalue weighted by Gasteiger charge is 2.05. The first-order chi connectivity index (χ1) is 9.11. The van der Waals surface area contributed by atoms with E-state index < -0.39 is 0 Å². The fraction of sp³-hybridized carbons (Fsp3) is 0.133.